The maximum atomic E-state index is 11.1. The Hall–Kier alpha value is -4.26. The summed E-state index contributed by atoms with van der Waals surface area (Å²) in [5.74, 6) is -0.268. The first kappa shape index (κ1) is 18.1. The van der Waals surface area contributed by atoms with Crippen molar-refractivity contribution in [2.75, 3.05) is 0 Å². The van der Waals surface area contributed by atoms with Gasteiger partial charge in [-0.3, -0.25) is 0 Å². The number of hydrogen-bond donors (Lipinski definition) is 3. The van der Waals surface area contributed by atoms with E-state index in [4.69, 9.17) is 5.11 Å². The Bertz CT molecular complexity index is 1140. The van der Waals surface area contributed by atoms with E-state index in [0.717, 1.165) is 0 Å². The summed E-state index contributed by atoms with van der Waals surface area (Å²) in [4.78, 5) is 24.4. The third-order valence-electron chi connectivity index (χ3n) is 4.32. The van der Waals surface area contributed by atoms with Crippen molar-refractivity contribution >= 4 is 5.97 Å². The second-order valence-corrected chi connectivity index (χ2v) is 6.22. The van der Waals surface area contributed by atoms with Crippen LogP contribution in [-0.2, 0) is 0 Å². The van der Waals surface area contributed by atoms with E-state index in [-0.39, 0.29) is 34.5 Å². The van der Waals surface area contributed by atoms with E-state index in [1.54, 1.807) is 48.5 Å². The second kappa shape index (κ2) is 7.40. The molecule has 0 aliphatic heterocycles. The molecule has 1 aromatic heterocycles. The molecule has 142 valence electrons. The Kier molecular flexibility index (Phi) is 4.62. The molecule has 3 aromatic carbocycles. The largest absolute Gasteiger partial charge is 0.507 e. The quantitative estimate of drug-likeness (QED) is 0.486. The van der Waals surface area contributed by atoms with Gasteiger partial charge in [0.2, 0.25) is 0 Å². The molecule has 0 spiro atoms. The molecule has 0 aliphatic carbocycles. The fourth-order valence-electron chi connectivity index (χ4n) is 2.83. The molecule has 0 saturated heterocycles. The first-order chi connectivity index (χ1) is 14.0. The third kappa shape index (κ3) is 3.61. The topological polar surface area (TPSA) is 116 Å². The van der Waals surface area contributed by atoms with Crippen molar-refractivity contribution in [2.45, 2.75) is 0 Å². The Morgan fingerprint density at radius 1 is 0.621 bits per heavy atom. The molecule has 4 rings (SSSR count). The molecular weight excluding hydrogens is 370 g/mol. The molecule has 29 heavy (non-hydrogen) atoms. The predicted molar refractivity (Wildman–Crippen MR) is 106 cm³/mol. The van der Waals surface area contributed by atoms with Gasteiger partial charge in [-0.25, -0.2) is 19.7 Å². The zero-order chi connectivity index (χ0) is 20.4. The molecule has 4 aromatic rings. The van der Waals surface area contributed by atoms with Gasteiger partial charge in [-0.05, 0) is 36.4 Å². The highest BCUT2D eigenvalue weighted by Gasteiger charge is 2.16. The molecule has 0 amide bonds. The molecule has 7 nitrogen and oxygen atoms in total. The lowest BCUT2D eigenvalue weighted by molar-refractivity contribution is 0.0697. The van der Waals surface area contributed by atoms with E-state index < -0.39 is 5.97 Å². The van der Waals surface area contributed by atoms with Crippen LogP contribution in [0.2, 0.25) is 0 Å². The molecule has 0 aliphatic rings. The lowest BCUT2D eigenvalue weighted by Crippen LogP contribution is -2.01. The molecule has 0 unspecified atom stereocenters. The van der Waals surface area contributed by atoms with Crippen LogP contribution >= 0.6 is 0 Å². The molecular formula is C22H15N3O4. The van der Waals surface area contributed by atoms with Crippen molar-refractivity contribution in [2.24, 2.45) is 0 Å². The molecule has 0 radical (unpaired) electrons. The lowest BCUT2D eigenvalue weighted by atomic mass is 10.1. The molecule has 0 atom stereocenters. The van der Waals surface area contributed by atoms with Gasteiger partial charge < -0.3 is 15.3 Å². The normalized spacial score (nSPS) is 10.6. The van der Waals surface area contributed by atoms with E-state index in [9.17, 15) is 15.0 Å². The van der Waals surface area contributed by atoms with Crippen LogP contribution in [0.1, 0.15) is 10.4 Å². The zero-order valence-corrected chi connectivity index (χ0v) is 15.0. The summed E-state index contributed by atoms with van der Waals surface area (Å²) >= 11 is 0. The summed E-state index contributed by atoms with van der Waals surface area (Å²) in [5, 5.41) is 29.5. The minimum atomic E-state index is -1.03. The Morgan fingerprint density at radius 3 is 1.52 bits per heavy atom. The monoisotopic (exact) mass is 385 g/mol. The van der Waals surface area contributed by atoms with Gasteiger partial charge in [0.25, 0.3) is 0 Å². The summed E-state index contributed by atoms with van der Waals surface area (Å²) in [7, 11) is 0. The number of carboxylic acid groups (broad SMARTS) is 1. The molecule has 7 heteroatoms. The number of rotatable bonds is 4. The number of phenols is 2. The minimum Gasteiger partial charge on any atom is -0.507 e. The van der Waals surface area contributed by atoms with Gasteiger partial charge in [-0.1, -0.05) is 36.4 Å². The fourth-order valence-corrected chi connectivity index (χ4v) is 2.83. The Labute approximate surface area is 165 Å². The van der Waals surface area contributed by atoms with Crippen molar-refractivity contribution < 1.29 is 20.1 Å². The van der Waals surface area contributed by atoms with Crippen LogP contribution in [0.15, 0.2) is 72.8 Å². The number of aromatic hydroxyl groups is 2. The summed E-state index contributed by atoms with van der Waals surface area (Å²) in [6.45, 7) is 0. The van der Waals surface area contributed by atoms with Crippen LogP contribution in [0.5, 0.6) is 11.5 Å². The number of aromatic nitrogens is 3. The number of phenolic OH excluding ortho intramolecular Hbond substituents is 2. The zero-order valence-electron chi connectivity index (χ0n) is 15.0. The van der Waals surface area contributed by atoms with Crippen LogP contribution in [0, 0.1) is 0 Å². The van der Waals surface area contributed by atoms with Crippen molar-refractivity contribution in [3.63, 3.8) is 0 Å². The summed E-state index contributed by atoms with van der Waals surface area (Å²) in [6, 6.07) is 19.4. The average molecular weight is 385 g/mol. The van der Waals surface area contributed by atoms with Crippen molar-refractivity contribution in [3.05, 3.63) is 78.4 Å². The van der Waals surface area contributed by atoms with Crippen LogP contribution in [0.25, 0.3) is 34.2 Å². The first-order valence-corrected chi connectivity index (χ1v) is 8.69. The maximum Gasteiger partial charge on any atom is 0.335 e. The molecule has 0 fully saturated rings. The van der Waals surface area contributed by atoms with Crippen LogP contribution < -0.4 is 0 Å². The van der Waals surface area contributed by atoms with Gasteiger partial charge in [-0.2, -0.15) is 0 Å². The SMILES string of the molecule is O=C(O)c1ccc(-c2nc(-c3ccccc3O)nc(-c3ccccc3O)n2)cc1. The van der Waals surface area contributed by atoms with Gasteiger partial charge in [0.1, 0.15) is 11.5 Å². The van der Waals surface area contributed by atoms with E-state index in [1.165, 1.54) is 24.3 Å². The van der Waals surface area contributed by atoms with Gasteiger partial charge in [0.05, 0.1) is 16.7 Å². The summed E-state index contributed by atoms with van der Waals surface area (Å²) in [5.41, 5.74) is 1.54. The van der Waals surface area contributed by atoms with Gasteiger partial charge >= 0.3 is 5.97 Å². The number of aromatic carboxylic acids is 1. The summed E-state index contributed by atoms with van der Waals surface area (Å²) in [6.07, 6.45) is 0. The number of para-hydroxylation sites is 2. The number of benzene rings is 3. The maximum absolute atomic E-state index is 11.1. The molecule has 1 heterocycles. The fraction of sp³-hybridized carbons (Fsp3) is 0. The minimum absolute atomic E-state index is 0.00843. The van der Waals surface area contributed by atoms with Gasteiger partial charge in [0.15, 0.2) is 17.5 Å². The highest BCUT2D eigenvalue weighted by atomic mass is 16.4. The van der Waals surface area contributed by atoms with Crippen molar-refractivity contribution in [1.29, 1.82) is 0 Å². The highest BCUT2D eigenvalue weighted by Crippen LogP contribution is 2.32. The van der Waals surface area contributed by atoms with E-state index in [2.05, 4.69) is 15.0 Å². The lowest BCUT2D eigenvalue weighted by Gasteiger charge is -2.10. The van der Waals surface area contributed by atoms with Crippen LogP contribution in [0.3, 0.4) is 0 Å². The predicted octanol–water partition coefficient (Wildman–Crippen LogP) is 3.98. The smallest absolute Gasteiger partial charge is 0.335 e. The Morgan fingerprint density at radius 2 is 1.07 bits per heavy atom. The van der Waals surface area contributed by atoms with Gasteiger partial charge in [0, 0.05) is 5.56 Å². The van der Waals surface area contributed by atoms with Crippen LogP contribution in [-0.4, -0.2) is 36.2 Å². The summed E-state index contributed by atoms with van der Waals surface area (Å²) < 4.78 is 0. The Balaban J connectivity index is 1.92. The number of hydrogen-bond acceptors (Lipinski definition) is 6. The van der Waals surface area contributed by atoms with Crippen molar-refractivity contribution in [3.8, 4) is 45.7 Å². The number of carbonyl (C=O) groups is 1. The van der Waals surface area contributed by atoms with E-state index >= 15 is 0 Å². The number of nitrogens with zero attached hydrogens (tertiary/aromatic N) is 3. The first-order valence-electron chi connectivity index (χ1n) is 8.69. The highest BCUT2D eigenvalue weighted by molar-refractivity contribution is 5.88. The molecule has 0 saturated carbocycles. The van der Waals surface area contributed by atoms with E-state index in [0.29, 0.717) is 16.7 Å². The van der Waals surface area contributed by atoms with Gasteiger partial charge in [-0.15, -0.1) is 0 Å². The second-order valence-electron chi connectivity index (χ2n) is 6.22. The van der Waals surface area contributed by atoms with Crippen molar-refractivity contribution in [1.82, 2.24) is 15.0 Å². The molecule has 3 N–H and O–H groups in total. The van der Waals surface area contributed by atoms with E-state index in [1.807, 2.05) is 0 Å². The van der Waals surface area contributed by atoms with Crippen LogP contribution in [0.4, 0.5) is 0 Å². The number of carboxylic acids is 1. The standard InChI is InChI=1S/C22H15N3O4/c26-17-7-3-1-5-15(17)20-23-19(13-9-11-14(12-10-13)22(28)29)24-21(25-20)16-6-2-4-8-18(16)27/h1-12,26-27H,(H,28,29). The third-order valence-corrected chi connectivity index (χ3v) is 4.32. The molecule has 0 bridgehead atoms. The average Bonchev–Trinajstić information content (AvgIpc) is 2.74.